The molecule has 1 aliphatic heterocycles. The molecule has 2 rings (SSSR count). The van der Waals surface area contributed by atoms with Crippen LogP contribution in [-0.2, 0) is 10.9 Å². The van der Waals surface area contributed by atoms with Crippen LogP contribution in [0.4, 0.5) is 23.8 Å². The first-order valence-electron chi connectivity index (χ1n) is 8.13. The van der Waals surface area contributed by atoms with Gasteiger partial charge in [0.25, 0.3) is 0 Å². The van der Waals surface area contributed by atoms with E-state index in [1.54, 1.807) is 25.7 Å². The Balaban J connectivity index is 2.03. The number of anilines is 1. The van der Waals surface area contributed by atoms with Crippen molar-refractivity contribution in [2.24, 2.45) is 0 Å². The van der Waals surface area contributed by atoms with Crippen molar-refractivity contribution in [1.29, 1.82) is 0 Å². The summed E-state index contributed by atoms with van der Waals surface area (Å²) in [6.45, 7) is 7.85. The summed E-state index contributed by atoms with van der Waals surface area (Å²) in [6.07, 6.45) is -1.64. The number of alkyl halides is 3. The summed E-state index contributed by atoms with van der Waals surface area (Å²) in [6, 6.07) is -0.333. The Morgan fingerprint density at radius 1 is 1.28 bits per heavy atom. The van der Waals surface area contributed by atoms with Crippen molar-refractivity contribution in [3.8, 4) is 0 Å². The molecule has 1 aromatic heterocycles. The lowest BCUT2D eigenvalue weighted by Gasteiger charge is -2.40. The van der Waals surface area contributed by atoms with Crippen LogP contribution in [0.5, 0.6) is 0 Å². The van der Waals surface area contributed by atoms with Crippen LogP contribution in [0.2, 0.25) is 0 Å². The first-order chi connectivity index (χ1) is 11.5. The maximum absolute atomic E-state index is 12.5. The van der Waals surface area contributed by atoms with Gasteiger partial charge >= 0.3 is 12.3 Å². The molecule has 1 amide bonds. The SMILES string of the molecule is CC1C(Nc2cnc(C(F)(F)F)cn2)CCCN1C(=O)OC(C)(C)C. The fourth-order valence-corrected chi connectivity index (χ4v) is 2.65. The average Bonchev–Trinajstić information content (AvgIpc) is 2.47. The summed E-state index contributed by atoms with van der Waals surface area (Å²) in [5, 5.41) is 3.07. The molecule has 1 saturated heterocycles. The number of hydrogen-bond acceptors (Lipinski definition) is 5. The number of rotatable bonds is 2. The Bertz CT molecular complexity index is 599. The number of ether oxygens (including phenoxy) is 1. The van der Waals surface area contributed by atoms with E-state index in [1.807, 2.05) is 6.92 Å². The summed E-state index contributed by atoms with van der Waals surface area (Å²) in [4.78, 5) is 21.1. The highest BCUT2D eigenvalue weighted by Gasteiger charge is 2.35. The van der Waals surface area contributed by atoms with E-state index in [0.717, 1.165) is 19.0 Å². The van der Waals surface area contributed by atoms with E-state index in [0.29, 0.717) is 12.7 Å². The minimum atomic E-state index is -4.52. The second kappa shape index (κ2) is 7.05. The van der Waals surface area contributed by atoms with Gasteiger partial charge in [-0.25, -0.2) is 14.8 Å². The van der Waals surface area contributed by atoms with Gasteiger partial charge < -0.3 is 15.0 Å². The van der Waals surface area contributed by atoms with Gasteiger partial charge in [0.05, 0.1) is 18.4 Å². The molecule has 1 N–H and O–H groups in total. The second-order valence-corrected chi connectivity index (χ2v) is 7.09. The fraction of sp³-hybridized carbons (Fsp3) is 0.688. The zero-order valence-corrected chi connectivity index (χ0v) is 14.7. The zero-order chi connectivity index (χ0) is 18.8. The van der Waals surface area contributed by atoms with Crippen LogP contribution in [0.15, 0.2) is 12.4 Å². The van der Waals surface area contributed by atoms with Crippen molar-refractivity contribution >= 4 is 11.9 Å². The lowest BCUT2D eigenvalue weighted by atomic mass is 9.98. The number of carbonyl (C=O) groups excluding carboxylic acids is 1. The minimum Gasteiger partial charge on any atom is -0.444 e. The Morgan fingerprint density at radius 2 is 1.96 bits per heavy atom. The summed E-state index contributed by atoms with van der Waals surface area (Å²) in [5.74, 6) is 0.246. The van der Waals surface area contributed by atoms with Gasteiger partial charge in [0.15, 0.2) is 5.69 Å². The Kier molecular flexibility index (Phi) is 5.43. The minimum absolute atomic E-state index is 0.146. The van der Waals surface area contributed by atoms with Crippen LogP contribution >= 0.6 is 0 Å². The van der Waals surface area contributed by atoms with Crippen molar-refractivity contribution in [3.63, 3.8) is 0 Å². The van der Waals surface area contributed by atoms with Crippen LogP contribution in [0.1, 0.15) is 46.2 Å². The molecule has 0 radical (unpaired) electrons. The molecular formula is C16H23F3N4O2. The van der Waals surface area contributed by atoms with Crippen LogP contribution < -0.4 is 5.32 Å². The Labute approximate surface area is 144 Å². The van der Waals surface area contributed by atoms with Crippen molar-refractivity contribution in [2.75, 3.05) is 11.9 Å². The first kappa shape index (κ1) is 19.3. The molecule has 2 heterocycles. The molecule has 1 aliphatic rings. The van der Waals surface area contributed by atoms with Gasteiger partial charge in [0.2, 0.25) is 0 Å². The maximum Gasteiger partial charge on any atom is 0.434 e. The third kappa shape index (κ3) is 5.20. The molecule has 0 bridgehead atoms. The van der Waals surface area contributed by atoms with E-state index in [1.165, 1.54) is 0 Å². The Morgan fingerprint density at radius 3 is 2.48 bits per heavy atom. The topological polar surface area (TPSA) is 67.4 Å². The number of halogens is 3. The smallest absolute Gasteiger partial charge is 0.434 e. The summed E-state index contributed by atoms with van der Waals surface area (Å²) in [7, 11) is 0. The van der Waals surface area contributed by atoms with Gasteiger partial charge in [-0.1, -0.05) is 0 Å². The van der Waals surface area contributed by atoms with Crippen LogP contribution in [0.3, 0.4) is 0 Å². The number of piperidine rings is 1. The molecule has 2 unspecified atom stereocenters. The van der Waals surface area contributed by atoms with E-state index in [-0.39, 0.29) is 17.9 Å². The average molecular weight is 360 g/mol. The van der Waals surface area contributed by atoms with E-state index < -0.39 is 23.6 Å². The van der Waals surface area contributed by atoms with Crippen molar-refractivity contribution in [1.82, 2.24) is 14.9 Å². The predicted octanol–water partition coefficient (Wildman–Crippen LogP) is 3.70. The molecular weight excluding hydrogens is 337 g/mol. The standard InChI is InChI=1S/C16H23F3N4O2/c1-10-11(6-5-7-23(10)14(24)25-15(2,3)4)22-13-9-20-12(8-21-13)16(17,18)19/h8-11H,5-7H2,1-4H3,(H,21,22). The monoisotopic (exact) mass is 360 g/mol. The molecule has 0 saturated carbocycles. The summed E-state index contributed by atoms with van der Waals surface area (Å²) in [5.41, 5.74) is -1.62. The molecule has 0 aromatic carbocycles. The molecule has 1 aromatic rings. The third-order valence-corrected chi connectivity index (χ3v) is 3.89. The van der Waals surface area contributed by atoms with Crippen molar-refractivity contribution in [3.05, 3.63) is 18.1 Å². The molecule has 0 spiro atoms. The van der Waals surface area contributed by atoms with Crippen molar-refractivity contribution < 1.29 is 22.7 Å². The van der Waals surface area contributed by atoms with E-state index in [2.05, 4.69) is 15.3 Å². The predicted molar refractivity (Wildman–Crippen MR) is 86.1 cm³/mol. The molecule has 1 fully saturated rings. The molecule has 140 valence electrons. The largest absolute Gasteiger partial charge is 0.444 e. The zero-order valence-electron chi connectivity index (χ0n) is 14.7. The fourth-order valence-electron chi connectivity index (χ4n) is 2.65. The number of amides is 1. The first-order valence-corrected chi connectivity index (χ1v) is 8.13. The molecule has 2 atom stereocenters. The van der Waals surface area contributed by atoms with Crippen molar-refractivity contribution in [2.45, 2.75) is 64.4 Å². The maximum atomic E-state index is 12.5. The van der Waals surface area contributed by atoms with E-state index >= 15 is 0 Å². The normalized spacial score (nSPS) is 21.8. The highest BCUT2D eigenvalue weighted by molar-refractivity contribution is 5.69. The van der Waals surface area contributed by atoms with Crippen LogP contribution in [-0.4, -0.2) is 45.2 Å². The lowest BCUT2D eigenvalue weighted by molar-refractivity contribution is -0.141. The van der Waals surface area contributed by atoms with Gasteiger partial charge in [-0.2, -0.15) is 13.2 Å². The number of carbonyl (C=O) groups is 1. The molecule has 6 nitrogen and oxygen atoms in total. The third-order valence-electron chi connectivity index (χ3n) is 3.89. The van der Waals surface area contributed by atoms with Gasteiger partial charge in [-0.3, -0.25) is 0 Å². The van der Waals surface area contributed by atoms with Crippen LogP contribution in [0.25, 0.3) is 0 Å². The number of nitrogens with one attached hydrogen (secondary N) is 1. The summed E-state index contributed by atoms with van der Waals surface area (Å²) >= 11 is 0. The number of hydrogen-bond donors (Lipinski definition) is 1. The second-order valence-electron chi connectivity index (χ2n) is 7.09. The number of aromatic nitrogens is 2. The number of likely N-dealkylation sites (tertiary alicyclic amines) is 1. The van der Waals surface area contributed by atoms with Crippen LogP contribution in [0, 0.1) is 0 Å². The highest BCUT2D eigenvalue weighted by Crippen LogP contribution is 2.27. The summed E-state index contributed by atoms with van der Waals surface area (Å²) < 4.78 is 43.0. The van der Waals surface area contributed by atoms with Gasteiger partial charge in [-0.05, 0) is 40.5 Å². The molecule has 0 aliphatic carbocycles. The number of nitrogens with zero attached hydrogens (tertiary/aromatic N) is 3. The van der Waals surface area contributed by atoms with E-state index in [9.17, 15) is 18.0 Å². The van der Waals surface area contributed by atoms with Gasteiger partial charge in [0, 0.05) is 12.6 Å². The Hall–Kier alpha value is -2.06. The molecule has 25 heavy (non-hydrogen) atoms. The highest BCUT2D eigenvalue weighted by atomic mass is 19.4. The van der Waals surface area contributed by atoms with Gasteiger partial charge in [-0.15, -0.1) is 0 Å². The van der Waals surface area contributed by atoms with E-state index in [4.69, 9.17) is 4.74 Å². The molecule has 9 heteroatoms. The van der Waals surface area contributed by atoms with Gasteiger partial charge in [0.1, 0.15) is 11.4 Å². The lowest BCUT2D eigenvalue weighted by Crippen LogP contribution is -2.53. The quantitative estimate of drug-likeness (QED) is 0.871.